The molecule has 4 rings (SSSR count). The molecule has 7 nitrogen and oxygen atoms in total. The van der Waals surface area contributed by atoms with Gasteiger partial charge in [0.05, 0.1) is 11.4 Å². The molecule has 1 aliphatic rings. The maximum atomic E-state index is 13.0. The number of nitrogens with zero attached hydrogens (tertiary/aromatic N) is 2. The molecular formula is C27H28ClN5O2. The number of likely N-dealkylation sites (N-methyl/N-ethyl adjacent to an activating group) is 1. The first kappa shape index (κ1) is 24.4. The molecule has 3 amide bonds. The van der Waals surface area contributed by atoms with E-state index in [9.17, 15) is 9.59 Å². The second-order valence-corrected chi connectivity index (χ2v) is 9.06. The number of rotatable bonds is 7. The summed E-state index contributed by atoms with van der Waals surface area (Å²) in [6.45, 7) is 1.31. The highest BCUT2D eigenvalue weighted by atomic mass is 35.5. The zero-order valence-electron chi connectivity index (χ0n) is 19.7. The zero-order chi connectivity index (χ0) is 24.8. The van der Waals surface area contributed by atoms with Crippen LogP contribution in [-0.4, -0.2) is 55.8 Å². The van der Waals surface area contributed by atoms with Crippen LogP contribution in [0.1, 0.15) is 16.7 Å². The van der Waals surface area contributed by atoms with Crippen molar-refractivity contribution in [1.82, 2.24) is 10.2 Å². The summed E-state index contributed by atoms with van der Waals surface area (Å²) in [6.07, 6.45) is 0.477. The second-order valence-electron chi connectivity index (χ2n) is 8.62. The highest BCUT2D eigenvalue weighted by molar-refractivity contribution is 6.32. The summed E-state index contributed by atoms with van der Waals surface area (Å²) in [5.74, 6) is -0.167. The van der Waals surface area contributed by atoms with Gasteiger partial charge in [0.25, 0.3) is 0 Å². The molecule has 1 atom stereocenters. The number of amides is 3. The monoisotopic (exact) mass is 489 g/mol. The van der Waals surface area contributed by atoms with E-state index in [1.54, 1.807) is 12.1 Å². The van der Waals surface area contributed by atoms with Crippen LogP contribution < -0.4 is 16.0 Å². The van der Waals surface area contributed by atoms with Crippen molar-refractivity contribution < 1.29 is 9.59 Å². The molecule has 3 aromatic rings. The fourth-order valence-electron chi connectivity index (χ4n) is 3.81. The fraction of sp³-hybridized carbons (Fsp3) is 0.222. The average Bonchev–Trinajstić information content (AvgIpc) is 2.96. The first-order valence-electron chi connectivity index (χ1n) is 11.4. The number of halogens is 1. The van der Waals surface area contributed by atoms with Crippen LogP contribution in [-0.2, 0) is 11.2 Å². The minimum absolute atomic E-state index is 0.167. The first-order valence-corrected chi connectivity index (χ1v) is 11.8. The summed E-state index contributed by atoms with van der Waals surface area (Å²) >= 11 is 6.30. The standard InChI is InChI=1S/C27H28ClN5O2/c1-33(2)15-14-29-27(35)30-21-11-8-19(9-12-21)25-22-17-20(28)10-13-23(22)32-26(34)24(31-25)16-18-6-4-3-5-7-18/h3-13,17,24H,14-16H2,1-2H3,(H,32,34)(H2,29,30,35). The molecule has 8 heteroatoms. The summed E-state index contributed by atoms with van der Waals surface area (Å²) in [7, 11) is 3.90. The maximum Gasteiger partial charge on any atom is 0.319 e. The van der Waals surface area contributed by atoms with E-state index in [1.807, 2.05) is 79.7 Å². The highest BCUT2D eigenvalue weighted by Crippen LogP contribution is 2.28. The Morgan fingerprint density at radius 3 is 2.51 bits per heavy atom. The van der Waals surface area contributed by atoms with Crippen molar-refractivity contribution >= 4 is 40.6 Å². The summed E-state index contributed by atoms with van der Waals surface area (Å²) in [4.78, 5) is 32.1. The minimum Gasteiger partial charge on any atom is -0.337 e. The molecule has 1 unspecified atom stereocenters. The highest BCUT2D eigenvalue weighted by Gasteiger charge is 2.26. The van der Waals surface area contributed by atoms with E-state index in [2.05, 4.69) is 16.0 Å². The largest absolute Gasteiger partial charge is 0.337 e. The maximum absolute atomic E-state index is 13.0. The van der Waals surface area contributed by atoms with Gasteiger partial charge in [-0.05, 0) is 50.0 Å². The molecule has 0 bridgehead atoms. The van der Waals surface area contributed by atoms with Crippen LogP contribution in [0.15, 0.2) is 77.8 Å². The van der Waals surface area contributed by atoms with E-state index < -0.39 is 6.04 Å². The predicted octanol–water partition coefficient (Wildman–Crippen LogP) is 4.42. The van der Waals surface area contributed by atoms with Gasteiger partial charge in [-0.2, -0.15) is 0 Å². The fourth-order valence-corrected chi connectivity index (χ4v) is 3.98. The summed E-state index contributed by atoms with van der Waals surface area (Å²) in [5.41, 5.74) is 4.59. The third-order valence-electron chi connectivity index (χ3n) is 5.61. The van der Waals surface area contributed by atoms with Crippen LogP contribution in [0.4, 0.5) is 16.2 Å². The predicted molar refractivity (Wildman–Crippen MR) is 142 cm³/mol. The van der Waals surface area contributed by atoms with Gasteiger partial charge < -0.3 is 20.9 Å². The molecular weight excluding hydrogens is 462 g/mol. The number of nitrogens with one attached hydrogen (secondary N) is 3. The number of carbonyl (C=O) groups is 2. The molecule has 0 aliphatic carbocycles. The van der Waals surface area contributed by atoms with Crippen molar-refractivity contribution in [3.8, 4) is 0 Å². The van der Waals surface area contributed by atoms with Gasteiger partial charge in [0.1, 0.15) is 6.04 Å². The summed E-state index contributed by atoms with van der Waals surface area (Å²) < 4.78 is 0. The lowest BCUT2D eigenvalue weighted by Crippen LogP contribution is -2.34. The molecule has 35 heavy (non-hydrogen) atoms. The van der Waals surface area contributed by atoms with E-state index in [0.29, 0.717) is 35.1 Å². The number of hydrogen-bond donors (Lipinski definition) is 3. The number of benzene rings is 3. The van der Waals surface area contributed by atoms with Gasteiger partial charge in [-0.25, -0.2) is 4.79 Å². The van der Waals surface area contributed by atoms with Gasteiger partial charge in [0.15, 0.2) is 0 Å². The van der Waals surface area contributed by atoms with Crippen molar-refractivity contribution in [3.05, 3.63) is 94.5 Å². The Morgan fingerprint density at radius 1 is 1.06 bits per heavy atom. The van der Waals surface area contributed by atoms with Gasteiger partial charge in [0.2, 0.25) is 5.91 Å². The SMILES string of the molecule is CN(C)CCNC(=O)Nc1ccc(C2=NC(Cc3ccccc3)C(=O)Nc3ccc(Cl)cc32)cc1. The molecule has 1 heterocycles. The van der Waals surface area contributed by atoms with Crippen LogP contribution in [0.3, 0.4) is 0 Å². The average molecular weight is 490 g/mol. The van der Waals surface area contributed by atoms with Gasteiger partial charge in [-0.3, -0.25) is 9.79 Å². The summed E-state index contributed by atoms with van der Waals surface area (Å²) in [6, 6.07) is 21.7. The third kappa shape index (κ3) is 6.47. The molecule has 0 spiro atoms. The topological polar surface area (TPSA) is 85.8 Å². The van der Waals surface area contributed by atoms with Crippen LogP contribution in [0.25, 0.3) is 0 Å². The number of carbonyl (C=O) groups excluding carboxylic acids is 2. The van der Waals surface area contributed by atoms with E-state index in [-0.39, 0.29) is 11.9 Å². The Hall–Kier alpha value is -3.68. The molecule has 1 aliphatic heterocycles. The number of hydrogen-bond acceptors (Lipinski definition) is 4. The molecule has 0 radical (unpaired) electrons. The van der Waals surface area contributed by atoms with E-state index in [0.717, 1.165) is 23.2 Å². The van der Waals surface area contributed by atoms with Gasteiger partial charge in [-0.1, -0.05) is 54.1 Å². The third-order valence-corrected chi connectivity index (χ3v) is 5.85. The van der Waals surface area contributed by atoms with Crippen molar-refractivity contribution in [3.63, 3.8) is 0 Å². The lowest BCUT2D eigenvalue weighted by Gasteiger charge is -2.13. The Morgan fingerprint density at radius 2 is 1.80 bits per heavy atom. The number of anilines is 2. The molecule has 0 saturated heterocycles. The van der Waals surface area contributed by atoms with E-state index >= 15 is 0 Å². The normalized spacial score (nSPS) is 15.0. The van der Waals surface area contributed by atoms with Gasteiger partial charge >= 0.3 is 6.03 Å². The van der Waals surface area contributed by atoms with Gasteiger partial charge in [-0.15, -0.1) is 0 Å². The number of fused-ring (bicyclic) bond motifs is 1. The molecule has 0 aromatic heterocycles. The van der Waals surface area contributed by atoms with Crippen LogP contribution in [0.2, 0.25) is 5.02 Å². The quantitative estimate of drug-likeness (QED) is 0.459. The zero-order valence-corrected chi connectivity index (χ0v) is 20.5. The van der Waals surface area contributed by atoms with Crippen molar-refractivity contribution in [2.75, 3.05) is 37.8 Å². The smallest absolute Gasteiger partial charge is 0.319 e. The Balaban J connectivity index is 1.60. The molecule has 0 fully saturated rings. The van der Waals surface area contributed by atoms with E-state index in [1.165, 1.54) is 0 Å². The molecule has 3 N–H and O–H groups in total. The Labute approximate surface area is 210 Å². The number of urea groups is 1. The van der Waals surface area contributed by atoms with Gasteiger partial charge in [0, 0.05) is 41.3 Å². The lowest BCUT2D eigenvalue weighted by atomic mass is 10.00. The second kappa shape index (κ2) is 11.2. The first-order chi connectivity index (χ1) is 16.9. The molecule has 180 valence electrons. The minimum atomic E-state index is -0.598. The van der Waals surface area contributed by atoms with Crippen LogP contribution in [0.5, 0.6) is 0 Å². The van der Waals surface area contributed by atoms with Crippen LogP contribution >= 0.6 is 11.6 Å². The lowest BCUT2D eigenvalue weighted by molar-refractivity contribution is -0.117. The number of aliphatic imine (C=N–C) groups is 1. The van der Waals surface area contributed by atoms with Crippen molar-refractivity contribution in [2.24, 2.45) is 4.99 Å². The number of benzodiazepines with no additional fused rings is 1. The molecule has 3 aromatic carbocycles. The van der Waals surface area contributed by atoms with Crippen LogP contribution in [0, 0.1) is 0 Å². The van der Waals surface area contributed by atoms with Crippen molar-refractivity contribution in [2.45, 2.75) is 12.5 Å². The van der Waals surface area contributed by atoms with Crippen molar-refractivity contribution in [1.29, 1.82) is 0 Å². The Bertz CT molecular complexity index is 1230. The summed E-state index contributed by atoms with van der Waals surface area (Å²) in [5, 5.41) is 9.22. The van der Waals surface area contributed by atoms with E-state index in [4.69, 9.17) is 16.6 Å². The Kier molecular flexibility index (Phi) is 7.80. The molecule has 0 saturated carbocycles.